The van der Waals surface area contributed by atoms with Gasteiger partial charge in [0.15, 0.2) is 0 Å². The summed E-state index contributed by atoms with van der Waals surface area (Å²) in [6.07, 6.45) is 1.55. The van der Waals surface area contributed by atoms with Gasteiger partial charge in [0, 0.05) is 0 Å². The van der Waals surface area contributed by atoms with Gasteiger partial charge in [-0.3, -0.25) is 4.79 Å². The standard InChI is InChI=1S/C20H22FN3O2/c1-12(2)19-17(11-22-24(19)16-8-6-15(21)7-9-16)20(25)23-14(4)18-10-5-13(3)26-18/h5-12,14H,1-4H3,(H,23,25). The first-order valence-electron chi connectivity index (χ1n) is 8.58. The minimum atomic E-state index is -0.312. The molecule has 0 bridgehead atoms. The zero-order valence-corrected chi connectivity index (χ0v) is 15.3. The van der Waals surface area contributed by atoms with Gasteiger partial charge in [-0.2, -0.15) is 5.10 Å². The molecule has 6 heteroatoms. The molecular weight excluding hydrogens is 333 g/mol. The molecule has 1 unspecified atom stereocenters. The number of hydrogen-bond donors (Lipinski definition) is 1. The smallest absolute Gasteiger partial charge is 0.255 e. The van der Waals surface area contributed by atoms with Gasteiger partial charge in [0.2, 0.25) is 0 Å². The van der Waals surface area contributed by atoms with Crippen molar-refractivity contribution in [2.45, 2.75) is 39.7 Å². The summed E-state index contributed by atoms with van der Waals surface area (Å²) in [6.45, 7) is 7.72. The highest BCUT2D eigenvalue weighted by Gasteiger charge is 2.23. The Labute approximate surface area is 151 Å². The van der Waals surface area contributed by atoms with Gasteiger partial charge in [-0.25, -0.2) is 9.07 Å². The number of benzene rings is 1. The number of aryl methyl sites for hydroxylation is 1. The van der Waals surface area contributed by atoms with Crippen molar-refractivity contribution in [3.63, 3.8) is 0 Å². The Morgan fingerprint density at radius 2 is 1.85 bits per heavy atom. The molecule has 0 radical (unpaired) electrons. The number of amides is 1. The molecule has 1 aromatic carbocycles. The summed E-state index contributed by atoms with van der Waals surface area (Å²) in [4.78, 5) is 12.8. The first-order chi connectivity index (χ1) is 12.4. The van der Waals surface area contributed by atoms with Gasteiger partial charge >= 0.3 is 0 Å². The number of carbonyl (C=O) groups excluding carboxylic acids is 1. The zero-order chi connectivity index (χ0) is 18.8. The van der Waals surface area contributed by atoms with Crippen molar-refractivity contribution in [2.75, 3.05) is 0 Å². The maximum atomic E-state index is 13.2. The molecule has 0 fully saturated rings. The number of hydrogen-bond acceptors (Lipinski definition) is 3. The van der Waals surface area contributed by atoms with Gasteiger partial charge in [0.05, 0.1) is 29.2 Å². The monoisotopic (exact) mass is 355 g/mol. The Morgan fingerprint density at radius 3 is 2.42 bits per heavy atom. The quantitative estimate of drug-likeness (QED) is 0.731. The molecule has 2 heterocycles. The Bertz CT molecular complexity index is 910. The lowest BCUT2D eigenvalue weighted by Crippen LogP contribution is -2.27. The van der Waals surface area contributed by atoms with Crippen LogP contribution in [0.5, 0.6) is 0 Å². The SMILES string of the molecule is Cc1ccc(C(C)NC(=O)c2cnn(-c3ccc(F)cc3)c2C(C)C)o1. The van der Waals surface area contributed by atoms with E-state index in [2.05, 4.69) is 10.4 Å². The molecule has 1 amide bonds. The Morgan fingerprint density at radius 1 is 1.15 bits per heavy atom. The second kappa shape index (κ2) is 7.15. The highest BCUT2D eigenvalue weighted by Crippen LogP contribution is 2.24. The Balaban J connectivity index is 1.89. The summed E-state index contributed by atoms with van der Waals surface area (Å²) >= 11 is 0. The van der Waals surface area contributed by atoms with Crippen LogP contribution in [0.3, 0.4) is 0 Å². The van der Waals surface area contributed by atoms with Crippen LogP contribution in [0, 0.1) is 12.7 Å². The Hall–Kier alpha value is -2.89. The largest absolute Gasteiger partial charge is 0.464 e. The molecule has 5 nitrogen and oxygen atoms in total. The van der Waals surface area contributed by atoms with Crippen LogP contribution in [-0.4, -0.2) is 15.7 Å². The first-order valence-corrected chi connectivity index (χ1v) is 8.58. The van der Waals surface area contributed by atoms with E-state index in [9.17, 15) is 9.18 Å². The van der Waals surface area contributed by atoms with Crippen molar-refractivity contribution in [2.24, 2.45) is 0 Å². The van der Waals surface area contributed by atoms with Crippen LogP contribution in [0.1, 0.15) is 60.3 Å². The lowest BCUT2D eigenvalue weighted by molar-refractivity contribution is 0.0933. The molecule has 0 aliphatic heterocycles. The predicted molar refractivity (Wildman–Crippen MR) is 96.9 cm³/mol. The summed E-state index contributed by atoms with van der Waals surface area (Å²) in [5, 5.41) is 7.30. The van der Waals surface area contributed by atoms with Crippen LogP contribution in [0.2, 0.25) is 0 Å². The van der Waals surface area contributed by atoms with Crippen molar-refractivity contribution < 1.29 is 13.6 Å². The fourth-order valence-electron chi connectivity index (χ4n) is 2.91. The molecule has 2 aromatic heterocycles. The van der Waals surface area contributed by atoms with E-state index in [1.165, 1.54) is 12.1 Å². The van der Waals surface area contributed by atoms with Crippen molar-refractivity contribution in [1.82, 2.24) is 15.1 Å². The van der Waals surface area contributed by atoms with E-state index in [0.717, 1.165) is 11.5 Å². The number of nitrogens with zero attached hydrogens (tertiary/aromatic N) is 2. The van der Waals surface area contributed by atoms with Gasteiger partial charge in [-0.1, -0.05) is 13.8 Å². The Kier molecular flexibility index (Phi) is 4.93. The van der Waals surface area contributed by atoms with Crippen LogP contribution >= 0.6 is 0 Å². The highest BCUT2D eigenvalue weighted by atomic mass is 19.1. The van der Waals surface area contributed by atoms with Crippen LogP contribution < -0.4 is 5.32 Å². The third-order valence-electron chi connectivity index (χ3n) is 4.20. The summed E-state index contributed by atoms with van der Waals surface area (Å²) in [7, 11) is 0. The summed E-state index contributed by atoms with van der Waals surface area (Å²) in [6, 6.07) is 9.50. The van der Waals surface area contributed by atoms with Crippen molar-refractivity contribution >= 4 is 5.91 Å². The zero-order valence-electron chi connectivity index (χ0n) is 15.3. The second-order valence-corrected chi connectivity index (χ2v) is 6.63. The van der Waals surface area contributed by atoms with Gasteiger partial charge in [0.1, 0.15) is 17.3 Å². The minimum absolute atomic E-state index is 0.0597. The summed E-state index contributed by atoms with van der Waals surface area (Å²) in [5.74, 6) is 1.03. The van der Waals surface area contributed by atoms with E-state index in [0.29, 0.717) is 17.0 Å². The topological polar surface area (TPSA) is 60.1 Å². The number of aromatic nitrogens is 2. The van der Waals surface area contributed by atoms with E-state index in [1.807, 2.05) is 39.8 Å². The van der Waals surface area contributed by atoms with Gasteiger partial charge < -0.3 is 9.73 Å². The van der Waals surface area contributed by atoms with Crippen LogP contribution in [0.15, 0.2) is 47.0 Å². The highest BCUT2D eigenvalue weighted by molar-refractivity contribution is 5.95. The van der Waals surface area contributed by atoms with E-state index in [1.54, 1.807) is 23.0 Å². The molecule has 1 N–H and O–H groups in total. The van der Waals surface area contributed by atoms with Gasteiger partial charge in [0.25, 0.3) is 5.91 Å². The molecule has 26 heavy (non-hydrogen) atoms. The fraction of sp³-hybridized carbons (Fsp3) is 0.300. The predicted octanol–water partition coefficient (Wildman–Crippen LogP) is 4.53. The summed E-state index contributed by atoms with van der Waals surface area (Å²) < 4.78 is 20.5. The van der Waals surface area contributed by atoms with Crippen molar-refractivity contribution in [1.29, 1.82) is 0 Å². The van der Waals surface area contributed by atoms with Crippen LogP contribution in [-0.2, 0) is 0 Å². The normalized spacial score (nSPS) is 12.4. The molecule has 0 saturated carbocycles. The molecule has 0 saturated heterocycles. The van der Waals surface area contributed by atoms with E-state index >= 15 is 0 Å². The maximum absolute atomic E-state index is 13.2. The average molecular weight is 355 g/mol. The fourth-order valence-corrected chi connectivity index (χ4v) is 2.91. The van der Waals surface area contributed by atoms with Crippen LogP contribution in [0.4, 0.5) is 4.39 Å². The van der Waals surface area contributed by atoms with E-state index in [4.69, 9.17) is 4.42 Å². The molecular formula is C20H22FN3O2. The lowest BCUT2D eigenvalue weighted by Gasteiger charge is -2.15. The van der Waals surface area contributed by atoms with Gasteiger partial charge in [-0.15, -0.1) is 0 Å². The van der Waals surface area contributed by atoms with Crippen molar-refractivity contribution in [3.8, 4) is 5.69 Å². The third-order valence-corrected chi connectivity index (χ3v) is 4.20. The summed E-state index contributed by atoms with van der Waals surface area (Å²) in [5.41, 5.74) is 1.99. The van der Waals surface area contributed by atoms with E-state index in [-0.39, 0.29) is 23.7 Å². The van der Waals surface area contributed by atoms with E-state index < -0.39 is 0 Å². The number of furan rings is 1. The number of rotatable bonds is 5. The number of halogens is 1. The number of nitrogens with one attached hydrogen (secondary N) is 1. The second-order valence-electron chi connectivity index (χ2n) is 6.63. The molecule has 0 aliphatic rings. The third kappa shape index (κ3) is 3.54. The minimum Gasteiger partial charge on any atom is -0.464 e. The van der Waals surface area contributed by atoms with Crippen LogP contribution in [0.25, 0.3) is 5.69 Å². The first kappa shape index (κ1) is 17.9. The maximum Gasteiger partial charge on any atom is 0.255 e. The molecule has 136 valence electrons. The molecule has 3 aromatic rings. The lowest BCUT2D eigenvalue weighted by atomic mass is 10.0. The molecule has 0 spiro atoms. The van der Waals surface area contributed by atoms with Crippen molar-refractivity contribution in [3.05, 3.63) is 71.2 Å². The molecule has 3 rings (SSSR count). The molecule has 0 aliphatic carbocycles. The number of carbonyl (C=O) groups is 1. The average Bonchev–Trinajstić information content (AvgIpc) is 3.22. The molecule has 1 atom stereocenters. The van der Waals surface area contributed by atoms with Gasteiger partial charge in [-0.05, 0) is 56.2 Å².